The predicted molar refractivity (Wildman–Crippen MR) is 108 cm³/mol. The van der Waals surface area contributed by atoms with E-state index >= 15 is 0 Å². The highest BCUT2D eigenvalue weighted by Gasteiger charge is 2.21. The molecule has 0 unspecified atom stereocenters. The number of rotatable bonds is 3. The van der Waals surface area contributed by atoms with Crippen LogP contribution in [-0.4, -0.2) is 31.0 Å². The van der Waals surface area contributed by atoms with Gasteiger partial charge >= 0.3 is 0 Å². The number of hydrogen-bond acceptors (Lipinski definition) is 3. The van der Waals surface area contributed by atoms with Gasteiger partial charge in [0.15, 0.2) is 0 Å². The second-order valence-electron chi connectivity index (χ2n) is 7.83. The lowest BCUT2D eigenvalue weighted by Gasteiger charge is -2.19. The zero-order chi connectivity index (χ0) is 18.8. The van der Waals surface area contributed by atoms with Crippen molar-refractivity contribution in [3.05, 3.63) is 35.1 Å². The number of furan rings is 1. The van der Waals surface area contributed by atoms with Gasteiger partial charge < -0.3 is 14.1 Å². The summed E-state index contributed by atoms with van der Waals surface area (Å²) >= 11 is 0. The number of benzene rings is 1. The molecule has 1 saturated heterocycles. The maximum absolute atomic E-state index is 12.8. The molecule has 1 aromatic carbocycles. The minimum atomic E-state index is 0.116. The second kappa shape index (κ2) is 7.79. The molecule has 2 aromatic rings. The average Bonchev–Trinajstić information content (AvgIpc) is 2.84. The molecule has 1 aliphatic heterocycles. The Hall–Kier alpha value is -2.23. The van der Waals surface area contributed by atoms with Crippen molar-refractivity contribution < 1.29 is 13.9 Å². The standard InChI is InChI=1S/C23H29NO3/c1-16(13-23(25)24-11-7-3-4-8-12-24)18-14-19-17-9-5-6-10-20(17)27-22(19)15-21(18)26-2/h13-15H,3-12H2,1-2H3/b16-13+. The molecular weight excluding hydrogens is 338 g/mol. The Balaban J connectivity index is 1.69. The normalized spacial score (nSPS) is 18.3. The first kappa shape index (κ1) is 18.1. The van der Waals surface area contributed by atoms with Crippen molar-refractivity contribution >= 4 is 22.4 Å². The van der Waals surface area contributed by atoms with Crippen LogP contribution in [0.3, 0.4) is 0 Å². The Bertz CT molecular complexity index is 869. The fourth-order valence-corrected chi connectivity index (χ4v) is 4.41. The lowest BCUT2D eigenvalue weighted by molar-refractivity contribution is -0.125. The molecule has 27 heavy (non-hydrogen) atoms. The second-order valence-corrected chi connectivity index (χ2v) is 7.83. The van der Waals surface area contributed by atoms with E-state index in [2.05, 4.69) is 6.07 Å². The quantitative estimate of drug-likeness (QED) is 0.707. The average molecular weight is 367 g/mol. The number of aryl methyl sites for hydroxylation is 2. The summed E-state index contributed by atoms with van der Waals surface area (Å²) in [6.07, 6.45) is 10.9. The van der Waals surface area contributed by atoms with Crippen LogP contribution in [0.2, 0.25) is 0 Å². The van der Waals surface area contributed by atoms with E-state index in [0.717, 1.165) is 67.0 Å². The third-order valence-corrected chi connectivity index (χ3v) is 5.96. The Kier molecular flexibility index (Phi) is 5.24. The first-order chi connectivity index (χ1) is 13.2. The topological polar surface area (TPSA) is 42.7 Å². The minimum Gasteiger partial charge on any atom is -0.496 e. The molecule has 4 heteroatoms. The summed E-state index contributed by atoms with van der Waals surface area (Å²) in [4.78, 5) is 14.8. The number of allylic oxidation sites excluding steroid dienone is 1. The maximum Gasteiger partial charge on any atom is 0.246 e. The van der Waals surface area contributed by atoms with Crippen LogP contribution in [0.1, 0.15) is 62.3 Å². The summed E-state index contributed by atoms with van der Waals surface area (Å²) in [6.45, 7) is 3.74. The summed E-state index contributed by atoms with van der Waals surface area (Å²) in [7, 11) is 1.68. The van der Waals surface area contributed by atoms with Crippen molar-refractivity contribution in [2.24, 2.45) is 0 Å². The number of carbonyl (C=O) groups is 1. The summed E-state index contributed by atoms with van der Waals surface area (Å²) < 4.78 is 11.7. The Morgan fingerprint density at radius 2 is 1.81 bits per heavy atom. The van der Waals surface area contributed by atoms with Gasteiger partial charge in [-0.05, 0) is 50.7 Å². The Labute approximate surface area is 161 Å². The van der Waals surface area contributed by atoms with Crippen molar-refractivity contribution in [3.63, 3.8) is 0 Å². The Morgan fingerprint density at radius 1 is 1.07 bits per heavy atom. The molecule has 0 bridgehead atoms. The monoisotopic (exact) mass is 367 g/mol. The number of nitrogens with zero attached hydrogens (tertiary/aromatic N) is 1. The van der Waals surface area contributed by atoms with Gasteiger partial charge in [-0.3, -0.25) is 4.79 Å². The molecule has 1 aliphatic carbocycles. The van der Waals surface area contributed by atoms with Gasteiger partial charge in [0.2, 0.25) is 5.91 Å². The van der Waals surface area contributed by atoms with E-state index < -0.39 is 0 Å². The maximum atomic E-state index is 12.8. The van der Waals surface area contributed by atoms with E-state index in [9.17, 15) is 4.79 Å². The number of amides is 1. The van der Waals surface area contributed by atoms with Gasteiger partial charge in [-0.2, -0.15) is 0 Å². The van der Waals surface area contributed by atoms with E-state index in [1.165, 1.54) is 36.6 Å². The fourth-order valence-electron chi connectivity index (χ4n) is 4.41. The molecule has 144 valence electrons. The van der Waals surface area contributed by atoms with Crippen molar-refractivity contribution in [1.82, 2.24) is 4.90 Å². The number of methoxy groups -OCH3 is 1. The number of likely N-dealkylation sites (tertiary alicyclic amines) is 1. The molecule has 0 spiro atoms. The van der Waals surface area contributed by atoms with E-state index in [4.69, 9.17) is 9.15 Å². The molecule has 1 aromatic heterocycles. The summed E-state index contributed by atoms with van der Waals surface area (Å²) in [5.74, 6) is 2.01. The fraction of sp³-hybridized carbons (Fsp3) is 0.522. The van der Waals surface area contributed by atoms with E-state index in [0.29, 0.717) is 0 Å². The first-order valence-corrected chi connectivity index (χ1v) is 10.3. The van der Waals surface area contributed by atoms with Crippen molar-refractivity contribution in [3.8, 4) is 5.75 Å². The molecule has 4 rings (SSSR count). The molecule has 0 saturated carbocycles. The molecular formula is C23H29NO3. The largest absolute Gasteiger partial charge is 0.496 e. The summed E-state index contributed by atoms with van der Waals surface area (Å²) in [5, 5.41) is 1.18. The van der Waals surface area contributed by atoms with Gasteiger partial charge in [0.05, 0.1) is 7.11 Å². The molecule has 1 fully saturated rings. The van der Waals surface area contributed by atoms with Crippen LogP contribution in [0, 0.1) is 0 Å². The van der Waals surface area contributed by atoms with E-state index in [1.54, 1.807) is 13.2 Å². The lowest BCUT2D eigenvalue weighted by atomic mass is 9.94. The minimum absolute atomic E-state index is 0.116. The summed E-state index contributed by atoms with van der Waals surface area (Å²) in [5.41, 5.74) is 4.18. The third-order valence-electron chi connectivity index (χ3n) is 5.96. The smallest absolute Gasteiger partial charge is 0.246 e. The SMILES string of the molecule is COc1cc2oc3c(c2cc1/C(C)=C/C(=O)N1CCCCCC1)CCCC3. The molecule has 0 atom stereocenters. The number of fused-ring (bicyclic) bond motifs is 3. The molecule has 4 nitrogen and oxygen atoms in total. The van der Waals surface area contributed by atoms with Crippen molar-refractivity contribution in [2.45, 2.75) is 58.3 Å². The van der Waals surface area contributed by atoms with Crippen molar-refractivity contribution in [2.75, 3.05) is 20.2 Å². The van der Waals surface area contributed by atoms with E-state index in [-0.39, 0.29) is 5.91 Å². The number of ether oxygens (including phenoxy) is 1. The Morgan fingerprint density at radius 3 is 2.56 bits per heavy atom. The van der Waals surface area contributed by atoms with Crippen LogP contribution < -0.4 is 4.74 Å². The molecule has 0 N–H and O–H groups in total. The predicted octanol–water partition coefficient (Wildman–Crippen LogP) is 5.13. The van der Waals surface area contributed by atoms with Gasteiger partial charge in [0.25, 0.3) is 0 Å². The zero-order valence-corrected chi connectivity index (χ0v) is 16.5. The molecule has 0 radical (unpaired) electrons. The van der Waals surface area contributed by atoms with Crippen LogP contribution in [-0.2, 0) is 17.6 Å². The highest BCUT2D eigenvalue weighted by atomic mass is 16.5. The highest BCUT2D eigenvalue weighted by molar-refractivity contribution is 5.97. The van der Waals surface area contributed by atoms with Gasteiger partial charge in [0.1, 0.15) is 17.1 Å². The van der Waals surface area contributed by atoms with Gasteiger partial charge in [-0.25, -0.2) is 0 Å². The van der Waals surface area contributed by atoms with Crippen LogP contribution in [0.4, 0.5) is 0 Å². The molecule has 1 amide bonds. The highest BCUT2D eigenvalue weighted by Crippen LogP contribution is 2.37. The van der Waals surface area contributed by atoms with Gasteiger partial charge in [0, 0.05) is 48.2 Å². The van der Waals surface area contributed by atoms with Crippen LogP contribution in [0.15, 0.2) is 22.6 Å². The van der Waals surface area contributed by atoms with Crippen LogP contribution in [0.25, 0.3) is 16.5 Å². The summed E-state index contributed by atoms with van der Waals surface area (Å²) in [6, 6.07) is 4.14. The zero-order valence-electron chi connectivity index (χ0n) is 16.5. The number of carbonyl (C=O) groups excluding carboxylic acids is 1. The van der Waals surface area contributed by atoms with Crippen LogP contribution in [0.5, 0.6) is 5.75 Å². The molecule has 2 heterocycles. The lowest BCUT2D eigenvalue weighted by Crippen LogP contribution is -2.30. The number of hydrogen-bond donors (Lipinski definition) is 0. The van der Waals surface area contributed by atoms with Gasteiger partial charge in [-0.15, -0.1) is 0 Å². The first-order valence-electron chi connectivity index (χ1n) is 10.3. The molecule has 2 aliphatic rings. The van der Waals surface area contributed by atoms with Crippen LogP contribution >= 0.6 is 0 Å². The van der Waals surface area contributed by atoms with Crippen molar-refractivity contribution in [1.29, 1.82) is 0 Å². The third kappa shape index (κ3) is 3.62. The van der Waals surface area contributed by atoms with E-state index in [1.807, 2.05) is 17.9 Å². The van der Waals surface area contributed by atoms with Gasteiger partial charge in [-0.1, -0.05) is 12.8 Å².